The van der Waals surface area contributed by atoms with Crippen LogP contribution in [0.2, 0.25) is 0 Å². The summed E-state index contributed by atoms with van der Waals surface area (Å²) in [6.45, 7) is 6.00. The molecule has 0 bridgehead atoms. The lowest BCUT2D eigenvalue weighted by atomic mass is 10.1. The molecule has 0 radical (unpaired) electrons. The van der Waals surface area contributed by atoms with E-state index < -0.39 is 6.29 Å². The van der Waals surface area contributed by atoms with E-state index in [2.05, 4.69) is 64.2 Å². The average molecular weight is 472 g/mol. The van der Waals surface area contributed by atoms with E-state index in [0.717, 1.165) is 19.3 Å². The van der Waals surface area contributed by atoms with Crippen molar-refractivity contribution in [3.63, 3.8) is 0 Å². The zero-order chi connectivity index (χ0) is 13.7. The molecule has 0 amide bonds. The first kappa shape index (κ1) is 16.2. The summed E-state index contributed by atoms with van der Waals surface area (Å²) in [7, 11) is 0. The average Bonchev–Trinajstić information content (AvgIpc) is 2.33. The van der Waals surface area contributed by atoms with Crippen molar-refractivity contribution in [2.24, 2.45) is 5.92 Å². The van der Waals surface area contributed by atoms with Gasteiger partial charge in [-0.3, -0.25) is 0 Å². The zero-order valence-corrected chi connectivity index (χ0v) is 15.1. The molecule has 0 fully saturated rings. The minimum atomic E-state index is -0.810. The lowest BCUT2D eigenvalue weighted by molar-refractivity contribution is -0.0445. The fourth-order valence-electron chi connectivity index (χ4n) is 1.56. The first-order valence-corrected chi connectivity index (χ1v) is 8.10. The highest BCUT2D eigenvalue weighted by molar-refractivity contribution is 14.1. The van der Waals surface area contributed by atoms with E-state index in [0.29, 0.717) is 0 Å². The number of rotatable bonds is 5. The molecule has 2 atom stereocenters. The van der Waals surface area contributed by atoms with Gasteiger partial charge in [-0.2, -0.15) is 0 Å². The molecule has 0 aromatic heterocycles. The molecule has 0 aliphatic rings. The van der Waals surface area contributed by atoms with E-state index in [-0.39, 0.29) is 5.92 Å². The van der Waals surface area contributed by atoms with Crippen LogP contribution in [0.5, 0.6) is 5.75 Å². The van der Waals surface area contributed by atoms with Crippen LogP contribution in [-0.4, -0.2) is 11.4 Å². The molecule has 0 aliphatic heterocycles. The molecule has 1 aromatic rings. The van der Waals surface area contributed by atoms with Gasteiger partial charge in [0.15, 0.2) is 0 Å². The van der Waals surface area contributed by atoms with Crippen molar-refractivity contribution < 1.29 is 9.84 Å². The summed E-state index contributed by atoms with van der Waals surface area (Å²) in [4.78, 5) is 0. The van der Waals surface area contributed by atoms with Crippen molar-refractivity contribution in [2.75, 3.05) is 0 Å². The van der Waals surface area contributed by atoms with Gasteiger partial charge in [0.25, 0.3) is 0 Å². The summed E-state index contributed by atoms with van der Waals surface area (Å²) in [6, 6.07) is 4.20. The Bertz CT molecular complexity index is 407. The number of aliphatic hydroxyl groups excluding tert-OH is 1. The Balaban J connectivity index is 2.91. The van der Waals surface area contributed by atoms with Gasteiger partial charge in [-0.05, 0) is 76.2 Å². The van der Waals surface area contributed by atoms with Gasteiger partial charge in [-0.15, -0.1) is 0 Å². The largest absolute Gasteiger partial charge is 0.462 e. The normalized spacial score (nSPS) is 14.8. The Morgan fingerprint density at radius 2 is 1.89 bits per heavy atom. The van der Waals surface area contributed by atoms with E-state index in [9.17, 15) is 5.11 Å². The van der Waals surface area contributed by atoms with E-state index in [1.807, 2.05) is 26.0 Å². The van der Waals surface area contributed by atoms with E-state index >= 15 is 0 Å². The van der Waals surface area contributed by atoms with Crippen LogP contribution in [0.15, 0.2) is 24.3 Å². The first-order chi connectivity index (χ1) is 8.49. The Hall–Kier alpha value is 0.180. The predicted molar refractivity (Wildman–Crippen MR) is 91.9 cm³/mol. The van der Waals surface area contributed by atoms with E-state index in [4.69, 9.17) is 4.74 Å². The highest BCUT2D eigenvalue weighted by Gasteiger charge is 2.17. The quantitative estimate of drug-likeness (QED) is 0.392. The van der Waals surface area contributed by atoms with Crippen LogP contribution >= 0.6 is 45.2 Å². The molecule has 2 nitrogen and oxygen atoms in total. The maximum Gasteiger partial charge on any atom is 0.203 e. The summed E-state index contributed by atoms with van der Waals surface area (Å²) >= 11 is 4.51. The molecule has 1 N–H and O–H groups in total. The SMILES string of the molecule is CC=CC(C)C(O)Oc1c(I)cc(CC)cc1I. The minimum absolute atomic E-state index is 0.0209. The molecule has 0 aliphatic carbocycles. The summed E-state index contributed by atoms with van der Waals surface area (Å²) in [5.74, 6) is 0.754. The van der Waals surface area contributed by atoms with Gasteiger partial charge in [0.1, 0.15) is 5.75 Å². The Kier molecular flexibility index (Phi) is 6.94. The van der Waals surface area contributed by atoms with Crippen molar-refractivity contribution in [3.8, 4) is 5.75 Å². The van der Waals surface area contributed by atoms with Crippen molar-refractivity contribution in [1.82, 2.24) is 0 Å². The molecule has 100 valence electrons. The van der Waals surface area contributed by atoms with Gasteiger partial charge >= 0.3 is 0 Å². The van der Waals surface area contributed by atoms with Gasteiger partial charge in [0, 0.05) is 5.92 Å². The van der Waals surface area contributed by atoms with Crippen LogP contribution in [0.4, 0.5) is 0 Å². The lowest BCUT2D eigenvalue weighted by Gasteiger charge is -2.20. The van der Waals surface area contributed by atoms with Crippen LogP contribution in [0.3, 0.4) is 0 Å². The van der Waals surface area contributed by atoms with Crippen LogP contribution in [0.25, 0.3) is 0 Å². The Labute approximate surface area is 136 Å². The number of hydrogen-bond acceptors (Lipinski definition) is 2. The zero-order valence-electron chi connectivity index (χ0n) is 10.8. The third-order valence-electron chi connectivity index (χ3n) is 2.65. The number of aryl methyl sites for hydroxylation is 1. The fourth-order valence-corrected chi connectivity index (χ4v) is 3.71. The Morgan fingerprint density at radius 1 is 1.33 bits per heavy atom. The van der Waals surface area contributed by atoms with Gasteiger partial charge in [0.05, 0.1) is 7.14 Å². The van der Waals surface area contributed by atoms with Gasteiger partial charge in [0.2, 0.25) is 6.29 Å². The van der Waals surface area contributed by atoms with Crippen LogP contribution in [0, 0.1) is 13.1 Å². The fraction of sp³-hybridized carbons (Fsp3) is 0.429. The minimum Gasteiger partial charge on any atom is -0.462 e. The number of aliphatic hydroxyl groups is 1. The maximum atomic E-state index is 10.00. The monoisotopic (exact) mass is 472 g/mol. The van der Waals surface area contributed by atoms with Crippen molar-refractivity contribution in [2.45, 2.75) is 33.5 Å². The molecule has 0 heterocycles. The summed E-state index contributed by atoms with van der Waals surface area (Å²) in [5, 5.41) is 10.00. The molecule has 0 saturated heterocycles. The van der Waals surface area contributed by atoms with Gasteiger partial charge in [-0.25, -0.2) is 0 Å². The third-order valence-corrected chi connectivity index (χ3v) is 4.25. The molecule has 0 spiro atoms. The molecule has 1 aromatic carbocycles. The van der Waals surface area contributed by atoms with Gasteiger partial charge < -0.3 is 9.84 Å². The van der Waals surface area contributed by atoms with Crippen LogP contribution in [0.1, 0.15) is 26.3 Å². The summed E-state index contributed by atoms with van der Waals surface area (Å²) < 4.78 is 7.77. The molecular weight excluding hydrogens is 454 g/mol. The molecule has 2 unspecified atom stereocenters. The highest BCUT2D eigenvalue weighted by Crippen LogP contribution is 2.30. The predicted octanol–water partition coefficient (Wildman–Crippen LogP) is 4.37. The highest BCUT2D eigenvalue weighted by atomic mass is 127. The standard InChI is InChI=1S/C14H18I2O2/c1-4-6-9(3)14(17)18-13-11(15)7-10(5-2)8-12(13)16/h4,6-9,14,17H,5H2,1-3H3. The van der Waals surface area contributed by atoms with Crippen LogP contribution < -0.4 is 4.74 Å². The molecule has 0 saturated carbocycles. The second-order valence-electron chi connectivity index (χ2n) is 4.14. The maximum absolute atomic E-state index is 10.00. The first-order valence-electron chi connectivity index (χ1n) is 5.95. The summed E-state index contributed by atoms with van der Waals surface area (Å²) in [6.07, 6.45) is 4.05. The second-order valence-corrected chi connectivity index (χ2v) is 6.46. The number of hydrogen-bond donors (Lipinski definition) is 1. The lowest BCUT2D eigenvalue weighted by Crippen LogP contribution is -2.23. The van der Waals surface area contributed by atoms with E-state index in [1.54, 1.807) is 0 Å². The number of ether oxygens (including phenoxy) is 1. The topological polar surface area (TPSA) is 29.5 Å². The van der Waals surface area contributed by atoms with E-state index in [1.165, 1.54) is 5.56 Å². The second kappa shape index (κ2) is 7.69. The molecule has 18 heavy (non-hydrogen) atoms. The van der Waals surface area contributed by atoms with Crippen LogP contribution in [-0.2, 0) is 6.42 Å². The summed E-state index contributed by atoms with van der Waals surface area (Å²) in [5.41, 5.74) is 1.28. The number of benzene rings is 1. The number of allylic oxidation sites excluding steroid dienone is 1. The molecule has 1 rings (SSSR count). The number of halogens is 2. The molecular formula is C14H18I2O2. The molecule has 4 heteroatoms. The Morgan fingerprint density at radius 3 is 2.33 bits per heavy atom. The van der Waals surface area contributed by atoms with Crippen molar-refractivity contribution >= 4 is 45.2 Å². The van der Waals surface area contributed by atoms with Gasteiger partial charge in [-0.1, -0.05) is 26.0 Å². The van der Waals surface area contributed by atoms with Crippen molar-refractivity contribution in [3.05, 3.63) is 37.0 Å². The third kappa shape index (κ3) is 4.38. The smallest absolute Gasteiger partial charge is 0.203 e. The van der Waals surface area contributed by atoms with Crippen molar-refractivity contribution in [1.29, 1.82) is 0 Å².